The molecular formula is C13H21N3O. The summed E-state index contributed by atoms with van der Waals surface area (Å²) in [6.07, 6.45) is 1.61. The first-order valence-electron chi connectivity index (χ1n) is 5.91. The van der Waals surface area contributed by atoms with Crippen LogP contribution in [0.3, 0.4) is 0 Å². The van der Waals surface area contributed by atoms with Crippen molar-refractivity contribution in [3.8, 4) is 0 Å². The van der Waals surface area contributed by atoms with E-state index < -0.39 is 0 Å². The lowest BCUT2D eigenvalue weighted by Gasteiger charge is -2.18. The predicted molar refractivity (Wildman–Crippen MR) is 70.3 cm³/mol. The first-order chi connectivity index (χ1) is 7.95. The molecule has 0 fully saturated rings. The molecule has 1 amide bonds. The highest BCUT2D eigenvalue weighted by molar-refractivity contribution is 5.99. The lowest BCUT2D eigenvalue weighted by atomic mass is 10.1. The largest absolute Gasteiger partial charge is 0.387 e. The predicted octanol–water partition coefficient (Wildman–Crippen LogP) is 2.21. The normalized spacial score (nSPS) is 12.4. The molecule has 0 aliphatic carbocycles. The molecule has 1 heterocycles. The zero-order chi connectivity index (χ0) is 13.0. The average Bonchev–Trinajstić information content (AvgIpc) is 2.28. The number of aryl methyl sites for hydroxylation is 1. The van der Waals surface area contributed by atoms with Gasteiger partial charge in [0.25, 0.3) is 5.91 Å². The molecule has 1 atom stereocenters. The van der Waals surface area contributed by atoms with Gasteiger partial charge in [-0.25, -0.2) is 0 Å². The van der Waals surface area contributed by atoms with Gasteiger partial charge in [0.05, 0.1) is 11.3 Å². The number of carbonyl (C=O) groups is 1. The number of amides is 1. The second-order valence-electron chi connectivity index (χ2n) is 4.63. The second kappa shape index (κ2) is 5.66. The number of rotatable bonds is 4. The fourth-order valence-electron chi connectivity index (χ4n) is 1.40. The van der Waals surface area contributed by atoms with Crippen molar-refractivity contribution in [3.63, 3.8) is 0 Å². The smallest absolute Gasteiger partial charge is 0.255 e. The highest BCUT2D eigenvalue weighted by atomic mass is 16.1. The number of hydrogen-bond acceptors (Lipinski definition) is 3. The molecule has 0 aromatic carbocycles. The number of nitrogens with zero attached hydrogens (tertiary/aromatic N) is 1. The Morgan fingerprint density at radius 1 is 1.35 bits per heavy atom. The Bertz CT molecular complexity index is 402. The zero-order valence-corrected chi connectivity index (χ0v) is 11.2. The van der Waals surface area contributed by atoms with Crippen molar-refractivity contribution < 1.29 is 4.79 Å². The van der Waals surface area contributed by atoms with Crippen LogP contribution in [-0.4, -0.2) is 24.0 Å². The number of anilines is 1. The molecule has 0 spiro atoms. The first-order valence-corrected chi connectivity index (χ1v) is 5.91. The molecule has 2 N–H and O–H groups in total. The van der Waals surface area contributed by atoms with Crippen LogP contribution in [0.4, 0.5) is 5.69 Å². The maximum Gasteiger partial charge on any atom is 0.255 e. The molecule has 0 bridgehead atoms. The summed E-state index contributed by atoms with van der Waals surface area (Å²) in [6, 6.07) is 2.02. The van der Waals surface area contributed by atoms with Crippen molar-refractivity contribution >= 4 is 11.6 Å². The van der Waals surface area contributed by atoms with Crippen molar-refractivity contribution in [2.45, 2.75) is 33.7 Å². The van der Waals surface area contributed by atoms with Gasteiger partial charge in [-0.05, 0) is 25.8 Å². The molecule has 94 valence electrons. The molecule has 0 saturated heterocycles. The van der Waals surface area contributed by atoms with E-state index in [-0.39, 0.29) is 11.9 Å². The van der Waals surface area contributed by atoms with Gasteiger partial charge < -0.3 is 10.6 Å². The number of carbonyl (C=O) groups excluding carboxylic acids is 1. The van der Waals surface area contributed by atoms with E-state index in [1.807, 2.05) is 19.9 Å². The zero-order valence-electron chi connectivity index (χ0n) is 11.2. The number of pyridine rings is 1. The van der Waals surface area contributed by atoms with Crippen LogP contribution >= 0.6 is 0 Å². The maximum atomic E-state index is 12.1. The molecule has 1 aromatic rings. The van der Waals surface area contributed by atoms with E-state index in [0.29, 0.717) is 11.5 Å². The number of nitrogens with one attached hydrogen (secondary N) is 2. The van der Waals surface area contributed by atoms with Gasteiger partial charge >= 0.3 is 0 Å². The van der Waals surface area contributed by atoms with Crippen molar-refractivity contribution in [3.05, 3.63) is 23.5 Å². The summed E-state index contributed by atoms with van der Waals surface area (Å²) in [5.74, 6) is 0.332. The average molecular weight is 235 g/mol. The molecule has 1 rings (SSSR count). The summed E-state index contributed by atoms with van der Waals surface area (Å²) in [5.41, 5.74) is 2.29. The van der Waals surface area contributed by atoms with Crippen LogP contribution in [0, 0.1) is 12.8 Å². The van der Waals surface area contributed by atoms with Crippen LogP contribution in [0.15, 0.2) is 12.3 Å². The first kappa shape index (κ1) is 13.5. The van der Waals surface area contributed by atoms with E-state index in [1.54, 1.807) is 13.2 Å². The third-order valence-electron chi connectivity index (χ3n) is 2.91. The fourth-order valence-corrected chi connectivity index (χ4v) is 1.40. The Labute approximate surface area is 103 Å². The monoisotopic (exact) mass is 235 g/mol. The van der Waals surface area contributed by atoms with Crippen molar-refractivity contribution in [2.24, 2.45) is 5.92 Å². The molecule has 1 unspecified atom stereocenters. The van der Waals surface area contributed by atoms with Crippen LogP contribution in [0.25, 0.3) is 0 Å². The van der Waals surface area contributed by atoms with Crippen LogP contribution in [-0.2, 0) is 0 Å². The van der Waals surface area contributed by atoms with E-state index in [1.165, 1.54) is 0 Å². The van der Waals surface area contributed by atoms with Crippen LogP contribution in [0.5, 0.6) is 0 Å². The lowest BCUT2D eigenvalue weighted by Crippen LogP contribution is -2.36. The van der Waals surface area contributed by atoms with Gasteiger partial charge in [-0.1, -0.05) is 13.8 Å². The molecule has 0 aliphatic heterocycles. The Morgan fingerprint density at radius 2 is 2.00 bits per heavy atom. The number of aromatic nitrogens is 1. The van der Waals surface area contributed by atoms with E-state index >= 15 is 0 Å². The van der Waals surface area contributed by atoms with Crippen LogP contribution < -0.4 is 10.6 Å². The topological polar surface area (TPSA) is 54.0 Å². The van der Waals surface area contributed by atoms with Gasteiger partial charge in [0.2, 0.25) is 0 Å². The minimum Gasteiger partial charge on any atom is -0.387 e. The third-order valence-corrected chi connectivity index (χ3v) is 2.91. The summed E-state index contributed by atoms with van der Waals surface area (Å²) in [4.78, 5) is 16.2. The van der Waals surface area contributed by atoms with E-state index in [9.17, 15) is 4.79 Å². The highest BCUT2D eigenvalue weighted by Gasteiger charge is 2.15. The van der Waals surface area contributed by atoms with Gasteiger partial charge in [-0.15, -0.1) is 0 Å². The van der Waals surface area contributed by atoms with E-state index in [0.717, 1.165) is 11.4 Å². The van der Waals surface area contributed by atoms with Gasteiger partial charge in [0.15, 0.2) is 0 Å². The van der Waals surface area contributed by atoms with Gasteiger partial charge in [-0.2, -0.15) is 0 Å². The molecule has 0 aliphatic rings. The Balaban J connectivity index is 2.89. The minimum absolute atomic E-state index is 0.0805. The molecule has 1 aromatic heterocycles. The molecule has 0 radical (unpaired) electrons. The highest BCUT2D eigenvalue weighted by Crippen LogP contribution is 2.15. The standard InChI is InChI=1S/C13H21N3O/c1-8(2)10(4)16-13(17)11-7-15-9(3)6-12(11)14-5/h6-8,10H,1-5H3,(H,14,15)(H,16,17). The summed E-state index contributed by atoms with van der Waals surface area (Å²) in [5, 5.41) is 5.99. The lowest BCUT2D eigenvalue weighted by molar-refractivity contribution is 0.0931. The fraction of sp³-hybridized carbons (Fsp3) is 0.538. The SMILES string of the molecule is CNc1cc(C)ncc1C(=O)NC(C)C(C)C. The van der Waals surface area contributed by atoms with Crippen LogP contribution in [0.2, 0.25) is 0 Å². The Hall–Kier alpha value is -1.58. The van der Waals surface area contributed by atoms with Crippen LogP contribution in [0.1, 0.15) is 36.8 Å². The van der Waals surface area contributed by atoms with E-state index in [4.69, 9.17) is 0 Å². The quantitative estimate of drug-likeness (QED) is 0.841. The van der Waals surface area contributed by atoms with Crippen molar-refractivity contribution in [1.82, 2.24) is 10.3 Å². The summed E-state index contributed by atoms with van der Waals surface area (Å²) < 4.78 is 0. The second-order valence-corrected chi connectivity index (χ2v) is 4.63. The van der Waals surface area contributed by atoms with Gasteiger partial charge in [0.1, 0.15) is 0 Å². The maximum absolute atomic E-state index is 12.1. The Morgan fingerprint density at radius 3 is 2.53 bits per heavy atom. The molecule has 4 nitrogen and oxygen atoms in total. The third kappa shape index (κ3) is 3.44. The van der Waals surface area contributed by atoms with Gasteiger partial charge in [-0.3, -0.25) is 9.78 Å². The van der Waals surface area contributed by atoms with E-state index in [2.05, 4.69) is 29.5 Å². The molecular weight excluding hydrogens is 214 g/mol. The molecule has 17 heavy (non-hydrogen) atoms. The summed E-state index contributed by atoms with van der Waals surface area (Å²) in [7, 11) is 1.80. The molecule has 4 heteroatoms. The summed E-state index contributed by atoms with van der Waals surface area (Å²) >= 11 is 0. The molecule has 0 saturated carbocycles. The van der Waals surface area contributed by atoms with Crippen molar-refractivity contribution in [2.75, 3.05) is 12.4 Å². The van der Waals surface area contributed by atoms with Crippen molar-refractivity contribution in [1.29, 1.82) is 0 Å². The van der Waals surface area contributed by atoms with Gasteiger partial charge in [0, 0.05) is 25.0 Å². The summed E-state index contributed by atoms with van der Waals surface area (Å²) in [6.45, 7) is 8.07. The Kier molecular flexibility index (Phi) is 4.49. The number of hydrogen-bond donors (Lipinski definition) is 2. The minimum atomic E-state index is -0.0805.